The fourth-order valence-electron chi connectivity index (χ4n) is 1.69. The second-order valence-electron chi connectivity index (χ2n) is 3.35. The summed E-state index contributed by atoms with van der Waals surface area (Å²) in [6.45, 7) is 6.13. The van der Waals surface area contributed by atoms with Crippen LogP contribution in [0.25, 0.3) is 0 Å². The number of alkyl halides is 1. The molecule has 1 aromatic rings. The molecule has 13 heavy (non-hydrogen) atoms. The fraction of sp³-hybridized carbons (Fsp3) is 0.364. The molecule has 0 spiro atoms. The number of halogens is 1. The number of hydrogen-bond donors (Lipinski definition) is 0. The van der Waals surface area contributed by atoms with Crippen molar-refractivity contribution >= 4 is 22.2 Å². The quantitative estimate of drug-likeness (QED) is 0.573. The van der Waals surface area contributed by atoms with Gasteiger partial charge < -0.3 is 4.79 Å². The van der Waals surface area contributed by atoms with Gasteiger partial charge in [0.25, 0.3) is 0 Å². The highest BCUT2D eigenvalue weighted by atomic mass is 79.9. The van der Waals surface area contributed by atoms with Crippen LogP contribution in [-0.4, -0.2) is 6.29 Å². The Labute approximate surface area is 87.3 Å². The van der Waals surface area contributed by atoms with Crippen LogP contribution in [0.4, 0.5) is 0 Å². The van der Waals surface area contributed by atoms with Crippen molar-refractivity contribution in [3.63, 3.8) is 0 Å². The Hall–Kier alpha value is -0.630. The van der Waals surface area contributed by atoms with Crippen molar-refractivity contribution in [3.05, 3.63) is 34.4 Å². The van der Waals surface area contributed by atoms with E-state index in [1.54, 1.807) is 0 Å². The van der Waals surface area contributed by atoms with Gasteiger partial charge in [-0.15, -0.1) is 0 Å². The minimum atomic E-state index is -0.173. The van der Waals surface area contributed by atoms with Crippen LogP contribution in [0.3, 0.4) is 0 Å². The van der Waals surface area contributed by atoms with E-state index in [9.17, 15) is 4.79 Å². The fourth-order valence-corrected chi connectivity index (χ4v) is 2.42. The molecule has 0 aliphatic heterocycles. The van der Waals surface area contributed by atoms with Crippen molar-refractivity contribution < 1.29 is 4.79 Å². The molecule has 1 rings (SSSR count). The summed E-state index contributed by atoms with van der Waals surface area (Å²) < 4.78 is 0. The molecule has 0 unspecified atom stereocenters. The van der Waals surface area contributed by atoms with Gasteiger partial charge in [0, 0.05) is 0 Å². The predicted molar refractivity (Wildman–Crippen MR) is 58.4 cm³/mol. The number of rotatable bonds is 2. The maximum Gasteiger partial charge on any atom is 0.138 e. The van der Waals surface area contributed by atoms with E-state index in [4.69, 9.17) is 0 Å². The highest BCUT2D eigenvalue weighted by Gasteiger charge is 2.11. The zero-order valence-corrected chi connectivity index (χ0v) is 9.68. The number of benzene rings is 1. The van der Waals surface area contributed by atoms with Crippen LogP contribution in [-0.2, 0) is 4.79 Å². The van der Waals surface area contributed by atoms with E-state index in [1.165, 1.54) is 16.7 Å². The Kier molecular flexibility index (Phi) is 3.26. The highest BCUT2D eigenvalue weighted by molar-refractivity contribution is 9.09. The first-order valence-corrected chi connectivity index (χ1v) is 5.15. The molecule has 0 aliphatic rings. The van der Waals surface area contributed by atoms with Crippen LogP contribution < -0.4 is 0 Å². The number of carbonyl (C=O) groups is 1. The van der Waals surface area contributed by atoms with Crippen LogP contribution in [0.5, 0.6) is 0 Å². The molecule has 0 N–H and O–H groups in total. The molecule has 1 nitrogen and oxygen atoms in total. The lowest BCUT2D eigenvalue weighted by Gasteiger charge is -2.12. The molecule has 0 saturated carbocycles. The molecule has 0 heterocycles. The van der Waals surface area contributed by atoms with Crippen molar-refractivity contribution in [2.24, 2.45) is 0 Å². The lowest BCUT2D eigenvalue weighted by molar-refractivity contribution is -0.107. The minimum absolute atomic E-state index is 0.173. The van der Waals surface area contributed by atoms with Crippen molar-refractivity contribution in [1.82, 2.24) is 0 Å². The Morgan fingerprint density at radius 2 is 1.69 bits per heavy atom. The van der Waals surface area contributed by atoms with Crippen LogP contribution >= 0.6 is 15.9 Å². The largest absolute Gasteiger partial charge is 0.302 e. The first-order chi connectivity index (χ1) is 6.06. The number of aldehydes is 1. The molecule has 0 bridgehead atoms. The van der Waals surface area contributed by atoms with Gasteiger partial charge in [-0.2, -0.15) is 0 Å². The summed E-state index contributed by atoms with van der Waals surface area (Å²) in [6.07, 6.45) is 0.921. The van der Waals surface area contributed by atoms with Gasteiger partial charge >= 0.3 is 0 Å². The van der Waals surface area contributed by atoms with Gasteiger partial charge in [0.15, 0.2) is 0 Å². The zero-order chi connectivity index (χ0) is 10.0. The normalized spacial score (nSPS) is 12.6. The summed E-state index contributed by atoms with van der Waals surface area (Å²) in [5.41, 5.74) is 4.68. The van der Waals surface area contributed by atoms with Gasteiger partial charge in [0.05, 0.1) is 4.83 Å². The Morgan fingerprint density at radius 3 is 2.08 bits per heavy atom. The van der Waals surface area contributed by atoms with Crippen LogP contribution in [0.2, 0.25) is 0 Å². The number of hydrogen-bond acceptors (Lipinski definition) is 1. The summed E-state index contributed by atoms with van der Waals surface area (Å²) in [6, 6.07) is 4.19. The lowest BCUT2D eigenvalue weighted by Crippen LogP contribution is -1.98. The molecule has 0 saturated heterocycles. The molecule has 0 aliphatic carbocycles. The second kappa shape index (κ2) is 4.05. The van der Waals surface area contributed by atoms with Crippen molar-refractivity contribution in [3.8, 4) is 0 Å². The van der Waals surface area contributed by atoms with Crippen LogP contribution in [0.15, 0.2) is 12.1 Å². The Morgan fingerprint density at radius 1 is 1.23 bits per heavy atom. The Bertz CT molecular complexity index is 308. The van der Waals surface area contributed by atoms with Crippen LogP contribution in [0.1, 0.15) is 27.1 Å². The molecular formula is C11H13BrO. The SMILES string of the molecule is Cc1cc(C)c([C@H](Br)C=O)c(C)c1. The highest BCUT2D eigenvalue weighted by Crippen LogP contribution is 2.27. The monoisotopic (exact) mass is 240 g/mol. The third kappa shape index (κ3) is 2.19. The standard InChI is InChI=1S/C11H13BrO/c1-7-4-8(2)11(9(3)5-7)10(12)6-13/h4-6,10H,1-3H3/t10-/m1/s1. The van der Waals surface area contributed by atoms with E-state index in [0.29, 0.717) is 0 Å². The molecule has 0 fully saturated rings. The maximum absolute atomic E-state index is 10.6. The van der Waals surface area contributed by atoms with E-state index in [0.717, 1.165) is 11.8 Å². The number of carbonyl (C=O) groups excluding carboxylic acids is 1. The molecule has 0 amide bonds. The van der Waals surface area contributed by atoms with Gasteiger partial charge in [-0.05, 0) is 37.5 Å². The van der Waals surface area contributed by atoms with Gasteiger partial charge in [-0.1, -0.05) is 33.6 Å². The molecule has 70 valence electrons. The van der Waals surface area contributed by atoms with Gasteiger partial charge in [-0.3, -0.25) is 0 Å². The predicted octanol–water partition coefficient (Wildman–Crippen LogP) is 3.25. The van der Waals surface area contributed by atoms with Crippen molar-refractivity contribution in [2.75, 3.05) is 0 Å². The molecule has 2 heteroatoms. The van der Waals surface area contributed by atoms with E-state index < -0.39 is 0 Å². The van der Waals surface area contributed by atoms with E-state index in [2.05, 4.69) is 35.0 Å². The van der Waals surface area contributed by atoms with E-state index >= 15 is 0 Å². The lowest BCUT2D eigenvalue weighted by atomic mass is 9.98. The molecule has 1 atom stereocenters. The van der Waals surface area contributed by atoms with Gasteiger partial charge in [-0.25, -0.2) is 0 Å². The summed E-state index contributed by atoms with van der Waals surface area (Å²) in [5.74, 6) is 0. The summed E-state index contributed by atoms with van der Waals surface area (Å²) >= 11 is 3.34. The van der Waals surface area contributed by atoms with Gasteiger partial charge in [0.2, 0.25) is 0 Å². The molecular weight excluding hydrogens is 228 g/mol. The van der Waals surface area contributed by atoms with E-state index in [-0.39, 0.29) is 4.83 Å². The summed E-state index contributed by atoms with van der Waals surface area (Å²) in [5, 5.41) is 0. The molecule has 1 aromatic carbocycles. The van der Waals surface area contributed by atoms with Gasteiger partial charge in [0.1, 0.15) is 6.29 Å². The topological polar surface area (TPSA) is 17.1 Å². The Balaban J connectivity index is 3.28. The van der Waals surface area contributed by atoms with Crippen molar-refractivity contribution in [1.29, 1.82) is 0 Å². The average Bonchev–Trinajstić information content (AvgIpc) is 2.02. The van der Waals surface area contributed by atoms with Crippen molar-refractivity contribution in [2.45, 2.75) is 25.6 Å². The summed E-state index contributed by atoms with van der Waals surface area (Å²) in [4.78, 5) is 10.5. The summed E-state index contributed by atoms with van der Waals surface area (Å²) in [7, 11) is 0. The third-order valence-corrected chi connectivity index (χ3v) is 2.81. The third-order valence-electron chi connectivity index (χ3n) is 2.13. The zero-order valence-electron chi connectivity index (χ0n) is 8.10. The second-order valence-corrected chi connectivity index (χ2v) is 4.34. The average molecular weight is 241 g/mol. The first-order valence-electron chi connectivity index (χ1n) is 4.23. The minimum Gasteiger partial charge on any atom is -0.302 e. The smallest absolute Gasteiger partial charge is 0.138 e. The van der Waals surface area contributed by atoms with Crippen LogP contribution in [0, 0.1) is 20.8 Å². The first kappa shape index (κ1) is 10.5. The maximum atomic E-state index is 10.6. The van der Waals surface area contributed by atoms with E-state index in [1.807, 2.05) is 13.8 Å². The number of aryl methyl sites for hydroxylation is 3. The molecule has 0 radical (unpaired) electrons. The molecule has 0 aromatic heterocycles.